The summed E-state index contributed by atoms with van der Waals surface area (Å²) in [6, 6.07) is 0. The predicted molar refractivity (Wildman–Crippen MR) is 18.8 cm³/mol. The minimum atomic E-state index is -3.50. The van der Waals surface area contributed by atoms with Crippen LogP contribution in [0.2, 0.25) is 0 Å². The van der Waals surface area contributed by atoms with Crippen molar-refractivity contribution in [2.24, 2.45) is 0 Å². The summed E-state index contributed by atoms with van der Waals surface area (Å²) in [5.41, 5.74) is 0. The third-order valence-electron chi connectivity index (χ3n) is 0. The van der Waals surface area contributed by atoms with E-state index in [9.17, 15) is 0 Å². The van der Waals surface area contributed by atoms with Crippen LogP contribution in [0.3, 0.4) is 0 Å². The lowest BCUT2D eigenvalue weighted by Gasteiger charge is -1.99. The first-order chi connectivity index (χ1) is 3.73. The van der Waals surface area contributed by atoms with Gasteiger partial charge < -0.3 is 20.4 Å². The molecule has 0 fully saturated rings. The highest BCUT2D eigenvalue weighted by atomic mass is 17.0. The van der Waals surface area contributed by atoms with Crippen LogP contribution in [0.4, 0.5) is 0 Å². The molecule has 0 aromatic rings. The van der Waals surface area contributed by atoms with Crippen LogP contribution in [0.1, 0.15) is 0 Å². The normalized spacial score (nSPS) is 10.7. The summed E-state index contributed by atoms with van der Waals surface area (Å²) in [7, 11) is 0. The minimum absolute atomic E-state index is 1.00. The zero-order valence-corrected chi connectivity index (χ0v) is 4.08. The number of nitrogens with zero attached hydrogens (tertiary/aromatic N) is 1. The van der Waals surface area contributed by atoms with Crippen LogP contribution >= 0.6 is 0 Å². The highest BCUT2D eigenvalue weighted by Gasteiger charge is 2.07. The quantitative estimate of drug-likeness (QED) is 0.141. The first kappa shape index (κ1) is 11.5. The summed E-state index contributed by atoms with van der Waals surface area (Å²) >= 11 is 0. The van der Waals surface area contributed by atoms with Gasteiger partial charge in [0.25, 0.3) is 0 Å². The Morgan fingerprint density at radius 3 is 0.778 bits per heavy atom. The molecule has 0 radical (unpaired) electrons. The molecule has 0 atom stereocenters. The second-order valence-electron chi connectivity index (χ2n) is 0.868. The Balaban J connectivity index is 0. The van der Waals surface area contributed by atoms with Crippen LogP contribution in [-0.4, -0.2) is 47.6 Å². The van der Waals surface area contributed by atoms with Crippen molar-refractivity contribution < 1.29 is 36.0 Å². The predicted octanol–water partition coefficient (Wildman–Crippen LogP) is -2.98. The van der Waals surface area contributed by atoms with Crippen molar-refractivity contribution in [3.05, 3.63) is 0 Å². The van der Waals surface area contributed by atoms with Crippen molar-refractivity contribution in [1.29, 1.82) is 0 Å². The summed E-state index contributed by atoms with van der Waals surface area (Å²) < 4.78 is 0. The zero-order chi connectivity index (χ0) is 8.08. The van der Waals surface area contributed by atoms with E-state index in [1.807, 2.05) is 0 Å². The highest BCUT2D eigenvalue weighted by Crippen LogP contribution is 1.75. The fourth-order valence-corrected chi connectivity index (χ4v) is 0. The van der Waals surface area contributed by atoms with Crippen molar-refractivity contribution in [2.45, 2.75) is 6.16 Å². The molecule has 0 aromatic heterocycles. The molecule has 0 aliphatic heterocycles. The second-order valence-corrected chi connectivity index (χ2v) is 0.868. The largest absolute Gasteiger partial charge is 0.402 e. The van der Waals surface area contributed by atoms with Gasteiger partial charge in [-0.3, -0.25) is 15.6 Å². The average Bonchev–Trinajstić information content (AvgIpc) is 1.19. The molecule has 9 heavy (non-hydrogen) atoms. The van der Waals surface area contributed by atoms with Crippen molar-refractivity contribution in [2.75, 3.05) is 0 Å². The van der Waals surface area contributed by atoms with E-state index in [0.29, 0.717) is 0 Å². The van der Waals surface area contributed by atoms with E-state index in [2.05, 4.69) is 0 Å². The van der Waals surface area contributed by atoms with Gasteiger partial charge in [0, 0.05) is 0 Å². The first-order valence-corrected chi connectivity index (χ1v) is 1.49. The Hall–Kier alpha value is -0.320. The Bertz CT molecular complexity index is 45.7. The molecule has 0 spiro atoms. The van der Waals surface area contributed by atoms with Crippen LogP contribution in [0.25, 0.3) is 0 Å². The number of rotatable bonds is 0. The number of hydrogen-bond acceptors (Lipinski definition) is 8. The van der Waals surface area contributed by atoms with Crippen molar-refractivity contribution in [3.8, 4) is 0 Å². The molecule has 0 unspecified atom stereocenters. The monoisotopic (exact) mass is 145 g/mol. The molecule has 8 nitrogen and oxygen atoms in total. The van der Waals surface area contributed by atoms with Gasteiger partial charge in [-0.2, -0.15) is 0 Å². The van der Waals surface area contributed by atoms with Gasteiger partial charge in [0.05, 0.1) is 5.39 Å². The average molecular weight is 145 g/mol. The van der Waals surface area contributed by atoms with E-state index in [1.165, 1.54) is 0 Å². The van der Waals surface area contributed by atoms with Crippen LogP contribution in [0, 0.1) is 0 Å². The molecule has 0 heterocycles. The standard InChI is InChI=1S/CH4O4.H3NO3/c2-1(3,4)5;2-1(3)4/h2-5H;2-4H. The Morgan fingerprint density at radius 1 is 0.778 bits per heavy atom. The minimum Gasteiger partial charge on any atom is -0.319 e. The number of aliphatic hydroxyl groups is 4. The first-order valence-electron chi connectivity index (χ1n) is 1.49. The van der Waals surface area contributed by atoms with Gasteiger partial charge in [0.1, 0.15) is 0 Å². The van der Waals surface area contributed by atoms with Gasteiger partial charge in [0.15, 0.2) is 0 Å². The maximum absolute atomic E-state index is 7.19. The molecule has 0 saturated heterocycles. The summed E-state index contributed by atoms with van der Waals surface area (Å²) in [5, 5.41) is 48.8. The van der Waals surface area contributed by atoms with Crippen LogP contribution in [-0.2, 0) is 0 Å². The van der Waals surface area contributed by atoms with Crippen LogP contribution in [0.15, 0.2) is 0 Å². The van der Waals surface area contributed by atoms with Crippen LogP contribution < -0.4 is 0 Å². The molecular formula is CH7NO7. The molecule has 0 saturated carbocycles. The molecule has 0 bridgehead atoms. The zero-order valence-electron chi connectivity index (χ0n) is 4.08. The van der Waals surface area contributed by atoms with E-state index in [4.69, 9.17) is 36.0 Å². The molecule has 58 valence electrons. The van der Waals surface area contributed by atoms with Gasteiger partial charge in [-0.05, 0) is 0 Å². The summed E-state index contributed by atoms with van der Waals surface area (Å²) in [5.74, 6) is 0. The van der Waals surface area contributed by atoms with E-state index < -0.39 is 11.5 Å². The summed E-state index contributed by atoms with van der Waals surface area (Å²) in [6.07, 6.45) is -3.50. The maximum Gasteiger partial charge on any atom is 0.402 e. The van der Waals surface area contributed by atoms with Gasteiger partial charge in [-0.25, -0.2) is 0 Å². The fourth-order valence-electron chi connectivity index (χ4n) is 0. The van der Waals surface area contributed by atoms with Gasteiger partial charge in [-0.15, -0.1) is 0 Å². The molecule has 0 amide bonds. The Kier molecular flexibility index (Phi) is 5.80. The molecule has 0 aliphatic rings. The molecule has 8 heteroatoms. The fraction of sp³-hybridized carbons (Fsp3) is 1.00. The molecular weight excluding hydrogens is 138 g/mol. The van der Waals surface area contributed by atoms with E-state index in [1.54, 1.807) is 0 Å². The lowest BCUT2D eigenvalue weighted by molar-refractivity contribution is -0.472. The molecule has 0 rings (SSSR count). The topological polar surface area (TPSA) is 145 Å². The third-order valence-corrected chi connectivity index (χ3v) is 0. The second kappa shape index (κ2) is 4.55. The van der Waals surface area contributed by atoms with Gasteiger partial charge in [0.2, 0.25) is 0 Å². The smallest absolute Gasteiger partial charge is 0.319 e. The summed E-state index contributed by atoms with van der Waals surface area (Å²) in [6.45, 7) is 0. The van der Waals surface area contributed by atoms with E-state index in [0.717, 1.165) is 0 Å². The van der Waals surface area contributed by atoms with Gasteiger partial charge >= 0.3 is 6.16 Å². The Morgan fingerprint density at radius 2 is 0.778 bits per heavy atom. The van der Waals surface area contributed by atoms with E-state index in [-0.39, 0.29) is 0 Å². The highest BCUT2D eigenvalue weighted by molar-refractivity contribution is 3.99. The number of hydrogen-bond donors (Lipinski definition) is 7. The third kappa shape index (κ3) is 2420. The van der Waals surface area contributed by atoms with Crippen molar-refractivity contribution in [3.63, 3.8) is 0 Å². The van der Waals surface area contributed by atoms with Crippen LogP contribution in [0.5, 0.6) is 0 Å². The van der Waals surface area contributed by atoms with Crippen molar-refractivity contribution >= 4 is 0 Å². The Labute approximate surface area is 48.9 Å². The lowest BCUT2D eigenvalue weighted by Crippen LogP contribution is -2.25. The maximum atomic E-state index is 7.19. The van der Waals surface area contributed by atoms with E-state index >= 15 is 0 Å². The summed E-state index contributed by atoms with van der Waals surface area (Å²) in [4.78, 5) is 0. The lowest BCUT2D eigenvalue weighted by atomic mass is 11.2. The SMILES string of the molecule is OC(O)(O)O.ON(O)O. The molecule has 0 aliphatic carbocycles. The molecule has 7 N–H and O–H groups in total. The van der Waals surface area contributed by atoms with Gasteiger partial charge in [-0.1, -0.05) is 0 Å². The molecule has 0 aromatic carbocycles. The van der Waals surface area contributed by atoms with Crippen molar-refractivity contribution in [1.82, 2.24) is 5.39 Å².